The van der Waals surface area contributed by atoms with Crippen LogP contribution in [0, 0.1) is 0 Å². The predicted octanol–water partition coefficient (Wildman–Crippen LogP) is 1.07. The molecule has 1 saturated heterocycles. The number of carbonyl (C=O) groups excluding carboxylic acids is 2. The summed E-state index contributed by atoms with van der Waals surface area (Å²) in [5.41, 5.74) is 0. The molecule has 1 aliphatic heterocycles. The van der Waals surface area contributed by atoms with Gasteiger partial charge in [0.15, 0.2) is 0 Å². The van der Waals surface area contributed by atoms with Crippen molar-refractivity contribution in [3.8, 4) is 0 Å². The Morgan fingerprint density at radius 1 is 1.32 bits per heavy atom. The molecule has 1 aromatic heterocycles. The zero-order valence-electron chi connectivity index (χ0n) is 10.1. The minimum absolute atomic E-state index is 0.0519. The first-order valence-electron chi connectivity index (χ1n) is 6.25. The summed E-state index contributed by atoms with van der Waals surface area (Å²) in [5, 5.41) is 10.6. The molecule has 2 heterocycles. The van der Waals surface area contributed by atoms with Gasteiger partial charge in [0.2, 0.25) is 15.4 Å². The molecule has 1 aliphatic carbocycles. The number of amides is 2. The number of hydrogen-bond acceptors (Lipinski definition) is 5. The second-order valence-corrected chi connectivity index (χ2v) is 6.36. The average molecular weight is 301 g/mol. The van der Waals surface area contributed by atoms with E-state index in [1.807, 2.05) is 0 Å². The summed E-state index contributed by atoms with van der Waals surface area (Å²) in [6.07, 6.45) is 3.62. The fourth-order valence-corrected chi connectivity index (χ4v) is 3.01. The van der Waals surface area contributed by atoms with Crippen LogP contribution in [0.5, 0.6) is 0 Å². The molecule has 0 radical (unpaired) electrons. The minimum Gasteiger partial charge on any atom is -0.352 e. The standard InChI is InChI=1S/C11H13ClN4O2S/c12-11-15-14-9(19-11)10(18)16-5-1-2-7(16)8(17)13-6-3-4-6/h6-7H,1-5H2,(H,13,17). The average Bonchev–Trinajstić information content (AvgIpc) is 2.92. The van der Waals surface area contributed by atoms with Crippen LogP contribution in [0.15, 0.2) is 0 Å². The molecule has 0 spiro atoms. The van der Waals surface area contributed by atoms with E-state index in [-0.39, 0.29) is 27.3 Å². The van der Waals surface area contributed by atoms with Gasteiger partial charge in [-0.15, -0.1) is 10.2 Å². The Morgan fingerprint density at radius 3 is 2.74 bits per heavy atom. The van der Waals surface area contributed by atoms with E-state index in [2.05, 4.69) is 15.5 Å². The zero-order chi connectivity index (χ0) is 13.4. The second kappa shape index (κ2) is 5.05. The molecule has 8 heteroatoms. The van der Waals surface area contributed by atoms with E-state index in [0.717, 1.165) is 30.6 Å². The summed E-state index contributed by atoms with van der Waals surface area (Å²) in [6, 6.07) is -0.0724. The molecule has 1 unspecified atom stereocenters. The first kappa shape index (κ1) is 12.8. The quantitative estimate of drug-likeness (QED) is 0.906. The highest BCUT2D eigenvalue weighted by Gasteiger charge is 2.37. The Bertz CT molecular complexity index is 517. The molecular formula is C11H13ClN4O2S. The van der Waals surface area contributed by atoms with Crippen molar-refractivity contribution < 1.29 is 9.59 Å². The van der Waals surface area contributed by atoms with Crippen molar-refractivity contribution in [1.29, 1.82) is 0 Å². The van der Waals surface area contributed by atoms with Crippen LogP contribution in [0.2, 0.25) is 4.47 Å². The van der Waals surface area contributed by atoms with Gasteiger partial charge in [-0.3, -0.25) is 9.59 Å². The summed E-state index contributed by atoms with van der Waals surface area (Å²) in [7, 11) is 0. The van der Waals surface area contributed by atoms with E-state index in [1.165, 1.54) is 0 Å². The molecule has 1 saturated carbocycles. The van der Waals surface area contributed by atoms with Crippen molar-refractivity contribution in [1.82, 2.24) is 20.4 Å². The fourth-order valence-electron chi connectivity index (χ4n) is 2.22. The highest BCUT2D eigenvalue weighted by molar-refractivity contribution is 7.17. The normalized spacial score (nSPS) is 22.6. The van der Waals surface area contributed by atoms with Crippen LogP contribution in [0.3, 0.4) is 0 Å². The maximum absolute atomic E-state index is 12.3. The lowest BCUT2D eigenvalue weighted by Crippen LogP contribution is -2.46. The van der Waals surface area contributed by atoms with Crippen LogP contribution >= 0.6 is 22.9 Å². The second-order valence-electron chi connectivity index (χ2n) is 4.80. The number of likely N-dealkylation sites (tertiary alicyclic amines) is 1. The molecular weight excluding hydrogens is 288 g/mol. The maximum atomic E-state index is 12.3. The molecule has 102 valence electrons. The number of aromatic nitrogens is 2. The smallest absolute Gasteiger partial charge is 0.285 e. The van der Waals surface area contributed by atoms with Crippen molar-refractivity contribution in [3.05, 3.63) is 9.47 Å². The fraction of sp³-hybridized carbons (Fsp3) is 0.636. The number of nitrogens with one attached hydrogen (secondary N) is 1. The summed E-state index contributed by atoms with van der Waals surface area (Å²) < 4.78 is 0.238. The lowest BCUT2D eigenvalue weighted by molar-refractivity contribution is -0.125. The van der Waals surface area contributed by atoms with Crippen LogP contribution in [0.25, 0.3) is 0 Å². The SMILES string of the molecule is O=C(NC1CC1)C1CCCN1C(=O)c1nnc(Cl)s1. The molecule has 19 heavy (non-hydrogen) atoms. The van der Waals surface area contributed by atoms with E-state index in [0.29, 0.717) is 19.0 Å². The first-order chi connectivity index (χ1) is 9.15. The molecule has 1 aromatic rings. The van der Waals surface area contributed by atoms with Crippen molar-refractivity contribution >= 4 is 34.8 Å². The predicted molar refractivity (Wildman–Crippen MR) is 70.1 cm³/mol. The lowest BCUT2D eigenvalue weighted by Gasteiger charge is -2.22. The van der Waals surface area contributed by atoms with Gasteiger partial charge in [0, 0.05) is 12.6 Å². The Labute approximate surface area is 119 Å². The van der Waals surface area contributed by atoms with Gasteiger partial charge >= 0.3 is 0 Å². The minimum atomic E-state index is -0.379. The largest absolute Gasteiger partial charge is 0.352 e. The third-order valence-electron chi connectivity index (χ3n) is 3.32. The number of rotatable bonds is 3. The maximum Gasteiger partial charge on any atom is 0.285 e. The molecule has 3 rings (SSSR count). The van der Waals surface area contributed by atoms with Gasteiger partial charge in [0.25, 0.3) is 5.91 Å². The molecule has 2 amide bonds. The Morgan fingerprint density at radius 2 is 2.11 bits per heavy atom. The monoisotopic (exact) mass is 300 g/mol. The van der Waals surface area contributed by atoms with Gasteiger partial charge < -0.3 is 10.2 Å². The first-order valence-corrected chi connectivity index (χ1v) is 7.45. The Kier molecular flexibility index (Phi) is 3.40. The van der Waals surface area contributed by atoms with Crippen LogP contribution in [0.1, 0.15) is 35.5 Å². The molecule has 0 aromatic carbocycles. The highest BCUT2D eigenvalue weighted by Crippen LogP contribution is 2.25. The molecule has 1 atom stereocenters. The third kappa shape index (κ3) is 2.71. The van der Waals surface area contributed by atoms with Gasteiger partial charge in [-0.05, 0) is 37.3 Å². The lowest BCUT2D eigenvalue weighted by atomic mass is 10.2. The van der Waals surface area contributed by atoms with E-state index in [1.54, 1.807) is 4.90 Å². The van der Waals surface area contributed by atoms with Gasteiger partial charge in [0.1, 0.15) is 6.04 Å². The third-order valence-corrected chi connectivity index (χ3v) is 4.33. The van der Waals surface area contributed by atoms with E-state index in [4.69, 9.17) is 11.6 Å². The topological polar surface area (TPSA) is 75.2 Å². The number of halogens is 1. The molecule has 0 bridgehead atoms. The van der Waals surface area contributed by atoms with Crippen molar-refractivity contribution in [2.45, 2.75) is 37.8 Å². The van der Waals surface area contributed by atoms with Crippen LogP contribution in [-0.4, -0.2) is 45.5 Å². The van der Waals surface area contributed by atoms with Gasteiger partial charge in [-0.25, -0.2) is 0 Å². The summed E-state index contributed by atoms with van der Waals surface area (Å²) in [6.45, 7) is 0.582. The summed E-state index contributed by atoms with van der Waals surface area (Å²) in [5.74, 6) is -0.304. The Hall–Kier alpha value is -1.21. The van der Waals surface area contributed by atoms with Crippen molar-refractivity contribution in [2.24, 2.45) is 0 Å². The van der Waals surface area contributed by atoms with E-state index < -0.39 is 0 Å². The molecule has 1 N–H and O–H groups in total. The van der Waals surface area contributed by atoms with E-state index >= 15 is 0 Å². The zero-order valence-corrected chi connectivity index (χ0v) is 11.7. The summed E-state index contributed by atoms with van der Waals surface area (Å²) in [4.78, 5) is 25.9. The van der Waals surface area contributed by atoms with Crippen molar-refractivity contribution in [2.75, 3.05) is 6.54 Å². The molecule has 6 nitrogen and oxygen atoms in total. The van der Waals surface area contributed by atoms with Gasteiger partial charge in [-0.2, -0.15) is 0 Å². The molecule has 2 fully saturated rings. The van der Waals surface area contributed by atoms with Crippen LogP contribution in [-0.2, 0) is 4.79 Å². The van der Waals surface area contributed by atoms with Gasteiger partial charge in [-0.1, -0.05) is 11.3 Å². The summed E-state index contributed by atoms with van der Waals surface area (Å²) >= 11 is 6.73. The molecule has 2 aliphatic rings. The van der Waals surface area contributed by atoms with Gasteiger partial charge in [0.05, 0.1) is 0 Å². The van der Waals surface area contributed by atoms with Crippen LogP contribution < -0.4 is 5.32 Å². The van der Waals surface area contributed by atoms with E-state index in [9.17, 15) is 9.59 Å². The number of hydrogen-bond donors (Lipinski definition) is 1. The number of nitrogens with zero attached hydrogens (tertiary/aromatic N) is 3. The van der Waals surface area contributed by atoms with Crippen LogP contribution in [0.4, 0.5) is 0 Å². The Balaban J connectivity index is 1.71. The van der Waals surface area contributed by atoms with Crippen molar-refractivity contribution in [3.63, 3.8) is 0 Å². The number of carbonyl (C=O) groups is 2. The highest BCUT2D eigenvalue weighted by atomic mass is 35.5.